The van der Waals surface area contributed by atoms with E-state index in [1.54, 1.807) is 0 Å². The molecule has 140 valence electrons. The highest BCUT2D eigenvalue weighted by Crippen LogP contribution is 2.45. The molecule has 2 N–H and O–H groups in total. The van der Waals surface area contributed by atoms with Crippen LogP contribution in [-0.4, -0.2) is 12.6 Å². The van der Waals surface area contributed by atoms with Crippen molar-refractivity contribution in [3.63, 3.8) is 0 Å². The summed E-state index contributed by atoms with van der Waals surface area (Å²) in [6, 6.07) is 16.1. The van der Waals surface area contributed by atoms with E-state index >= 15 is 0 Å². The van der Waals surface area contributed by atoms with Crippen LogP contribution in [0.5, 0.6) is 0 Å². The maximum absolute atomic E-state index is 12.6. The Hall–Kier alpha value is -2.46. The Bertz CT molecular complexity index is 876. The Morgan fingerprint density at radius 2 is 1.89 bits per heavy atom. The van der Waals surface area contributed by atoms with Crippen LogP contribution in [0.3, 0.4) is 0 Å². The minimum Gasteiger partial charge on any atom is -0.463 e. The Labute approximate surface area is 164 Å². The van der Waals surface area contributed by atoms with Gasteiger partial charge in [-0.25, -0.2) is 4.79 Å². The summed E-state index contributed by atoms with van der Waals surface area (Å²) in [7, 11) is 0. The van der Waals surface area contributed by atoms with Crippen molar-refractivity contribution >= 4 is 28.9 Å². The van der Waals surface area contributed by atoms with Crippen molar-refractivity contribution in [1.82, 2.24) is 0 Å². The van der Waals surface area contributed by atoms with Gasteiger partial charge in [-0.3, -0.25) is 0 Å². The Morgan fingerprint density at radius 1 is 1.15 bits per heavy atom. The fraction of sp³-hybridized carbons (Fsp3) is 0.318. The van der Waals surface area contributed by atoms with Crippen LogP contribution in [-0.2, 0) is 9.53 Å². The van der Waals surface area contributed by atoms with Crippen molar-refractivity contribution in [3.8, 4) is 0 Å². The summed E-state index contributed by atoms with van der Waals surface area (Å²) in [4.78, 5) is 12.6. The molecule has 1 heterocycles. The lowest BCUT2D eigenvalue weighted by molar-refractivity contribution is -0.138. The SMILES string of the molecule is CCOC(=O)C1=C2Nc3ccccc3N[C@H](c3ccc(Cl)cc3)[C@H]2CCC1. The smallest absolute Gasteiger partial charge is 0.335 e. The number of rotatable bonds is 3. The topological polar surface area (TPSA) is 50.4 Å². The summed E-state index contributed by atoms with van der Waals surface area (Å²) in [6.45, 7) is 2.23. The predicted molar refractivity (Wildman–Crippen MR) is 109 cm³/mol. The summed E-state index contributed by atoms with van der Waals surface area (Å²) >= 11 is 6.10. The number of carbonyl (C=O) groups excluding carboxylic acids is 1. The molecule has 27 heavy (non-hydrogen) atoms. The molecule has 1 aliphatic carbocycles. The van der Waals surface area contributed by atoms with Gasteiger partial charge < -0.3 is 15.4 Å². The predicted octanol–water partition coefficient (Wildman–Crippen LogP) is 5.54. The van der Waals surface area contributed by atoms with E-state index in [9.17, 15) is 4.79 Å². The lowest BCUT2D eigenvalue weighted by Crippen LogP contribution is -2.28. The van der Waals surface area contributed by atoms with Gasteiger partial charge in [-0.05, 0) is 56.0 Å². The van der Waals surface area contributed by atoms with Gasteiger partial charge in [0.25, 0.3) is 0 Å². The molecule has 0 bridgehead atoms. The van der Waals surface area contributed by atoms with Gasteiger partial charge in [0.1, 0.15) is 0 Å². The number of para-hydroxylation sites is 2. The molecule has 2 aromatic carbocycles. The molecule has 5 heteroatoms. The lowest BCUT2D eigenvalue weighted by Gasteiger charge is -2.32. The van der Waals surface area contributed by atoms with E-state index in [1.807, 2.05) is 37.3 Å². The molecule has 4 nitrogen and oxygen atoms in total. The standard InChI is InChI=1S/C22H23ClN2O2/c1-2-27-22(26)17-7-5-6-16-20(14-10-12-15(23)13-11-14)24-18-8-3-4-9-19(18)25-21(16)17/h3-4,8-13,16,20,24-25H,2,5-7H2,1H3/t16-,20-/m1/s1. The van der Waals surface area contributed by atoms with Crippen LogP contribution < -0.4 is 10.6 Å². The highest BCUT2D eigenvalue weighted by atomic mass is 35.5. The monoisotopic (exact) mass is 382 g/mol. The third-order valence-electron chi connectivity index (χ3n) is 5.30. The first-order valence-electron chi connectivity index (χ1n) is 9.45. The van der Waals surface area contributed by atoms with Crippen LogP contribution in [0, 0.1) is 5.92 Å². The summed E-state index contributed by atoms with van der Waals surface area (Å²) < 4.78 is 5.34. The van der Waals surface area contributed by atoms with Gasteiger partial charge in [0.2, 0.25) is 0 Å². The molecule has 0 fully saturated rings. The summed E-state index contributed by atoms with van der Waals surface area (Å²) in [6.07, 6.45) is 2.71. The quantitative estimate of drug-likeness (QED) is 0.684. The first-order valence-corrected chi connectivity index (χ1v) is 9.83. The van der Waals surface area contributed by atoms with Gasteiger partial charge >= 0.3 is 5.97 Å². The minimum atomic E-state index is -0.209. The number of carbonyl (C=O) groups is 1. The van der Waals surface area contributed by atoms with E-state index < -0.39 is 0 Å². The number of nitrogens with one attached hydrogen (secondary N) is 2. The van der Waals surface area contributed by atoms with E-state index in [4.69, 9.17) is 16.3 Å². The van der Waals surface area contributed by atoms with Gasteiger partial charge in [-0.15, -0.1) is 0 Å². The zero-order valence-corrected chi connectivity index (χ0v) is 16.1. The number of ether oxygens (including phenoxy) is 1. The van der Waals surface area contributed by atoms with Crippen LogP contribution in [0.1, 0.15) is 37.8 Å². The molecule has 0 spiro atoms. The molecular formula is C22H23ClN2O2. The minimum absolute atomic E-state index is 0.0538. The maximum Gasteiger partial charge on any atom is 0.335 e. The number of halogens is 1. The largest absolute Gasteiger partial charge is 0.463 e. The normalized spacial score (nSPS) is 21.3. The van der Waals surface area contributed by atoms with Crippen LogP contribution >= 0.6 is 11.6 Å². The molecule has 2 atom stereocenters. The van der Waals surface area contributed by atoms with Crippen LogP contribution in [0.15, 0.2) is 59.8 Å². The molecule has 2 aromatic rings. The van der Waals surface area contributed by atoms with Gasteiger partial charge in [0.05, 0.1) is 29.6 Å². The molecular weight excluding hydrogens is 360 g/mol. The van der Waals surface area contributed by atoms with E-state index in [1.165, 1.54) is 0 Å². The van der Waals surface area contributed by atoms with Gasteiger partial charge in [-0.2, -0.15) is 0 Å². The van der Waals surface area contributed by atoms with Gasteiger partial charge in [0.15, 0.2) is 0 Å². The second-order valence-corrected chi connectivity index (χ2v) is 7.39. The molecule has 0 saturated carbocycles. The summed E-state index contributed by atoms with van der Waals surface area (Å²) in [5.41, 5.74) is 4.92. The average Bonchev–Trinajstić information content (AvgIpc) is 2.85. The summed E-state index contributed by atoms with van der Waals surface area (Å²) in [5, 5.41) is 7.97. The Kier molecular flexibility index (Phi) is 5.08. The van der Waals surface area contributed by atoms with Crippen molar-refractivity contribution < 1.29 is 9.53 Å². The first-order chi connectivity index (χ1) is 13.2. The third-order valence-corrected chi connectivity index (χ3v) is 5.55. The molecule has 0 saturated heterocycles. The molecule has 4 rings (SSSR count). The number of hydrogen-bond donors (Lipinski definition) is 2. The second kappa shape index (κ2) is 7.65. The Balaban J connectivity index is 1.84. The van der Waals surface area contributed by atoms with E-state index in [-0.39, 0.29) is 17.9 Å². The van der Waals surface area contributed by atoms with Crippen molar-refractivity contribution in [3.05, 3.63) is 70.4 Å². The molecule has 0 amide bonds. The maximum atomic E-state index is 12.6. The number of esters is 1. The fourth-order valence-corrected chi connectivity index (χ4v) is 4.18. The van der Waals surface area contributed by atoms with Gasteiger partial charge in [-0.1, -0.05) is 35.9 Å². The molecule has 0 radical (unpaired) electrons. The number of benzene rings is 2. The van der Waals surface area contributed by atoms with Gasteiger partial charge in [0, 0.05) is 16.6 Å². The summed E-state index contributed by atoms with van der Waals surface area (Å²) in [5.74, 6) is -0.0503. The zero-order chi connectivity index (χ0) is 18.8. The molecule has 1 aliphatic heterocycles. The van der Waals surface area contributed by atoms with Crippen LogP contribution in [0.4, 0.5) is 11.4 Å². The van der Waals surface area contributed by atoms with Crippen molar-refractivity contribution in [1.29, 1.82) is 0 Å². The van der Waals surface area contributed by atoms with E-state index in [0.29, 0.717) is 6.61 Å². The molecule has 2 aliphatic rings. The van der Waals surface area contributed by atoms with Crippen LogP contribution in [0.2, 0.25) is 5.02 Å². The highest BCUT2D eigenvalue weighted by molar-refractivity contribution is 6.30. The fourth-order valence-electron chi connectivity index (χ4n) is 4.05. The zero-order valence-electron chi connectivity index (χ0n) is 15.3. The number of fused-ring (bicyclic) bond motifs is 2. The first kappa shape index (κ1) is 17.9. The van der Waals surface area contributed by atoms with Crippen LogP contribution in [0.25, 0.3) is 0 Å². The number of hydrogen-bond acceptors (Lipinski definition) is 4. The van der Waals surface area contributed by atoms with E-state index in [0.717, 1.165) is 52.5 Å². The van der Waals surface area contributed by atoms with E-state index in [2.05, 4.69) is 28.8 Å². The number of anilines is 2. The van der Waals surface area contributed by atoms with Crippen molar-refractivity contribution in [2.45, 2.75) is 32.2 Å². The Morgan fingerprint density at radius 3 is 2.63 bits per heavy atom. The lowest BCUT2D eigenvalue weighted by atomic mass is 9.80. The van der Waals surface area contributed by atoms with Crippen molar-refractivity contribution in [2.24, 2.45) is 5.92 Å². The molecule has 0 aromatic heterocycles. The highest BCUT2D eigenvalue weighted by Gasteiger charge is 2.36. The molecule has 0 unspecified atom stereocenters. The average molecular weight is 383 g/mol. The third kappa shape index (κ3) is 3.54. The second-order valence-electron chi connectivity index (χ2n) is 6.96. The van der Waals surface area contributed by atoms with Crippen molar-refractivity contribution in [2.75, 3.05) is 17.2 Å².